The molecule has 7 heteroatoms. The topological polar surface area (TPSA) is 56.6 Å². The zero-order valence-electron chi connectivity index (χ0n) is 13.9. The number of nitrogens with zero attached hydrogens (tertiary/aromatic N) is 3. The van der Waals surface area contributed by atoms with Gasteiger partial charge in [-0.05, 0) is 33.8 Å². The van der Waals surface area contributed by atoms with Crippen LogP contribution >= 0.6 is 11.8 Å². The summed E-state index contributed by atoms with van der Waals surface area (Å²) in [7, 11) is 1.93. The first-order chi connectivity index (χ1) is 10.4. The maximum absolute atomic E-state index is 12.2. The highest BCUT2D eigenvalue weighted by atomic mass is 32.2. The summed E-state index contributed by atoms with van der Waals surface area (Å²) in [5.41, 5.74) is -0.307. The summed E-state index contributed by atoms with van der Waals surface area (Å²) in [6.45, 7) is 8.65. The molecule has 0 saturated carbocycles. The van der Waals surface area contributed by atoms with Gasteiger partial charge in [0.2, 0.25) is 0 Å². The van der Waals surface area contributed by atoms with Gasteiger partial charge in [-0.2, -0.15) is 4.98 Å². The van der Waals surface area contributed by atoms with Crippen molar-refractivity contribution in [3.05, 3.63) is 22.7 Å². The van der Waals surface area contributed by atoms with Crippen molar-refractivity contribution >= 4 is 17.6 Å². The fourth-order valence-corrected chi connectivity index (χ4v) is 3.03. The molecule has 0 aromatic carbocycles. The molecule has 0 spiro atoms. The average molecular weight is 327 g/mol. The highest BCUT2D eigenvalue weighted by Gasteiger charge is 2.28. The van der Waals surface area contributed by atoms with Crippen molar-refractivity contribution < 1.29 is 9.47 Å². The average Bonchev–Trinajstić information content (AvgIpc) is 2.92. The van der Waals surface area contributed by atoms with Crippen LogP contribution in [-0.4, -0.2) is 46.5 Å². The van der Waals surface area contributed by atoms with Gasteiger partial charge in [0.05, 0.1) is 12.7 Å². The van der Waals surface area contributed by atoms with E-state index < -0.39 is 0 Å². The lowest BCUT2D eigenvalue weighted by molar-refractivity contribution is -0.0377. The first kappa shape index (κ1) is 17.3. The molecule has 1 aliphatic rings. The Morgan fingerprint density at radius 2 is 2.23 bits per heavy atom. The zero-order chi connectivity index (χ0) is 16.3. The molecular formula is C15H25N3O3S. The maximum atomic E-state index is 12.2. The number of hydrogen-bond acceptors (Lipinski definition) is 6. The summed E-state index contributed by atoms with van der Waals surface area (Å²) >= 11 is 1.67. The standard InChI is InChI=1S/C15H25N3O3S/c1-10(2)17(5)12-6-7-18(15(19)16-12)13-9-22-14(21-13)8-20-11(3)4/h6-7,10-11,13-14H,8-9H2,1-5H3/t13-,14+/m0/s1. The number of rotatable bonds is 6. The van der Waals surface area contributed by atoms with Crippen LogP contribution < -0.4 is 10.6 Å². The normalized spacial score (nSPS) is 21.8. The van der Waals surface area contributed by atoms with Gasteiger partial charge in [0.1, 0.15) is 17.5 Å². The molecule has 2 heterocycles. The van der Waals surface area contributed by atoms with Crippen LogP contribution in [0.5, 0.6) is 0 Å². The zero-order valence-corrected chi connectivity index (χ0v) is 14.7. The lowest BCUT2D eigenvalue weighted by atomic mass is 10.3. The molecule has 0 amide bonds. The molecule has 2 rings (SSSR count). The Hall–Kier alpha value is -1.05. The van der Waals surface area contributed by atoms with Gasteiger partial charge in [-0.3, -0.25) is 4.57 Å². The minimum Gasteiger partial charge on any atom is -0.375 e. The molecule has 1 aromatic rings. The molecule has 6 nitrogen and oxygen atoms in total. The van der Waals surface area contributed by atoms with E-state index >= 15 is 0 Å². The van der Waals surface area contributed by atoms with E-state index in [9.17, 15) is 4.79 Å². The minimum absolute atomic E-state index is 0.0303. The van der Waals surface area contributed by atoms with Crippen LogP contribution in [0.4, 0.5) is 5.82 Å². The minimum atomic E-state index is -0.277. The Labute approximate surface area is 135 Å². The molecule has 0 radical (unpaired) electrons. The Bertz CT molecular complexity index is 547. The molecule has 124 valence electrons. The summed E-state index contributed by atoms with van der Waals surface area (Å²) < 4.78 is 13.0. The number of hydrogen-bond donors (Lipinski definition) is 0. The van der Waals surface area contributed by atoms with Crippen LogP contribution in [-0.2, 0) is 9.47 Å². The Morgan fingerprint density at radius 3 is 2.82 bits per heavy atom. The number of ether oxygens (including phenoxy) is 2. The lowest BCUT2D eigenvalue weighted by Gasteiger charge is -2.23. The van der Waals surface area contributed by atoms with E-state index in [-0.39, 0.29) is 23.5 Å². The Morgan fingerprint density at radius 1 is 1.50 bits per heavy atom. The second kappa shape index (κ2) is 7.48. The predicted molar refractivity (Wildman–Crippen MR) is 89.5 cm³/mol. The first-order valence-corrected chi connectivity index (χ1v) is 8.64. The van der Waals surface area contributed by atoms with Crippen LogP contribution in [0.2, 0.25) is 0 Å². The summed E-state index contributed by atoms with van der Waals surface area (Å²) in [5.74, 6) is 1.41. The smallest absolute Gasteiger partial charge is 0.351 e. The molecule has 1 aliphatic heterocycles. The largest absolute Gasteiger partial charge is 0.375 e. The molecule has 1 saturated heterocycles. The van der Waals surface area contributed by atoms with Crippen molar-refractivity contribution in [3.63, 3.8) is 0 Å². The van der Waals surface area contributed by atoms with Gasteiger partial charge in [-0.15, -0.1) is 11.8 Å². The van der Waals surface area contributed by atoms with Gasteiger partial charge < -0.3 is 14.4 Å². The van der Waals surface area contributed by atoms with E-state index in [1.54, 1.807) is 22.5 Å². The van der Waals surface area contributed by atoms with Crippen molar-refractivity contribution in [2.75, 3.05) is 24.3 Å². The molecular weight excluding hydrogens is 302 g/mol. The van der Waals surface area contributed by atoms with E-state index in [4.69, 9.17) is 9.47 Å². The third-order valence-electron chi connectivity index (χ3n) is 3.56. The summed E-state index contributed by atoms with van der Waals surface area (Å²) in [4.78, 5) is 18.4. The molecule has 0 unspecified atom stereocenters. The summed E-state index contributed by atoms with van der Waals surface area (Å²) in [6, 6.07) is 2.14. The molecule has 0 N–H and O–H groups in total. The predicted octanol–water partition coefficient (Wildman–Crippen LogP) is 2.10. The Kier molecular flexibility index (Phi) is 5.88. The third kappa shape index (κ3) is 4.24. The van der Waals surface area contributed by atoms with Crippen LogP contribution in [0.3, 0.4) is 0 Å². The highest BCUT2D eigenvalue weighted by Crippen LogP contribution is 2.31. The lowest BCUT2D eigenvalue weighted by Crippen LogP contribution is -2.33. The number of thioether (sulfide) groups is 1. The van der Waals surface area contributed by atoms with E-state index in [1.165, 1.54) is 0 Å². The van der Waals surface area contributed by atoms with Crippen molar-refractivity contribution in [2.45, 2.75) is 51.5 Å². The van der Waals surface area contributed by atoms with Gasteiger partial charge in [0.25, 0.3) is 0 Å². The van der Waals surface area contributed by atoms with Gasteiger partial charge in [0, 0.05) is 25.0 Å². The molecule has 0 bridgehead atoms. The van der Waals surface area contributed by atoms with Crippen LogP contribution in [0.25, 0.3) is 0 Å². The molecule has 0 aliphatic carbocycles. The van der Waals surface area contributed by atoms with Gasteiger partial charge in [0.15, 0.2) is 0 Å². The van der Waals surface area contributed by atoms with Crippen molar-refractivity contribution in [1.29, 1.82) is 0 Å². The fraction of sp³-hybridized carbons (Fsp3) is 0.733. The van der Waals surface area contributed by atoms with E-state index in [2.05, 4.69) is 18.8 Å². The fourth-order valence-electron chi connectivity index (χ4n) is 2.03. The Balaban J connectivity index is 2.03. The monoisotopic (exact) mass is 327 g/mol. The van der Waals surface area contributed by atoms with E-state index in [0.717, 1.165) is 5.75 Å². The van der Waals surface area contributed by atoms with Crippen LogP contribution in [0.1, 0.15) is 33.9 Å². The van der Waals surface area contributed by atoms with Crippen molar-refractivity contribution in [2.24, 2.45) is 0 Å². The SMILES string of the molecule is CC(C)OC[C@@H]1O[C@H](n2ccc(N(C)C(C)C)nc2=O)CS1. The molecule has 1 aromatic heterocycles. The summed E-state index contributed by atoms with van der Waals surface area (Å²) in [5, 5.41) is 0. The third-order valence-corrected chi connectivity index (χ3v) is 4.66. The number of aromatic nitrogens is 2. The van der Waals surface area contributed by atoms with Crippen LogP contribution in [0, 0.1) is 0 Å². The molecule has 1 fully saturated rings. The van der Waals surface area contributed by atoms with Crippen molar-refractivity contribution in [3.8, 4) is 0 Å². The van der Waals surface area contributed by atoms with E-state index in [0.29, 0.717) is 18.5 Å². The molecule has 22 heavy (non-hydrogen) atoms. The van der Waals surface area contributed by atoms with Crippen LogP contribution in [0.15, 0.2) is 17.1 Å². The summed E-state index contributed by atoms with van der Waals surface area (Å²) in [6.07, 6.45) is 1.67. The first-order valence-electron chi connectivity index (χ1n) is 7.59. The quantitative estimate of drug-likeness (QED) is 0.797. The van der Waals surface area contributed by atoms with Gasteiger partial charge in [-0.1, -0.05) is 0 Å². The molecule has 2 atom stereocenters. The maximum Gasteiger partial charge on any atom is 0.351 e. The van der Waals surface area contributed by atoms with Gasteiger partial charge in [-0.25, -0.2) is 4.79 Å². The van der Waals surface area contributed by atoms with E-state index in [1.807, 2.05) is 31.9 Å². The second-order valence-corrected chi connectivity index (χ2v) is 7.11. The van der Waals surface area contributed by atoms with Gasteiger partial charge >= 0.3 is 5.69 Å². The highest BCUT2D eigenvalue weighted by molar-refractivity contribution is 8.00. The number of anilines is 1. The van der Waals surface area contributed by atoms with Crippen molar-refractivity contribution in [1.82, 2.24) is 9.55 Å². The second-order valence-electron chi connectivity index (χ2n) is 5.92.